The monoisotopic (exact) mass is 350 g/mol. The van der Waals surface area contributed by atoms with Crippen LogP contribution in [0.5, 0.6) is 0 Å². The molecule has 0 radical (unpaired) electrons. The summed E-state index contributed by atoms with van der Waals surface area (Å²) in [7, 11) is 3.97. The van der Waals surface area contributed by atoms with Gasteiger partial charge in [-0.2, -0.15) is 0 Å². The molecule has 0 saturated carbocycles. The third kappa shape index (κ3) is 2.33. The Morgan fingerprint density at radius 2 is 1.88 bits per heavy atom. The molecule has 0 fully saturated rings. The second-order valence-electron chi connectivity index (χ2n) is 6.55. The summed E-state index contributed by atoms with van der Waals surface area (Å²) in [6.07, 6.45) is 0. The van der Waals surface area contributed by atoms with Crippen LogP contribution < -0.4 is 4.90 Å². The predicted octanol–water partition coefficient (Wildman–Crippen LogP) is 2.29. The number of fused-ring (bicyclic) bond motifs is 2. The number of anilines is 1. The zero-order valence-electron chi connectivity index (χ0n) is 14.7. The van der Waals surface area contributed by atoms with Gasteiger partial charge in [-0.1, -0.05) is 35.4 Å². The predicted molar refractivity (Wildman–Crippen MR) is 98.1 cm³/mol. The highest BCUT2D eigenvalue weighted by Crippen LogP contribution is 2.39. The van der Waals surface area contributed by atoms with Crippen molar-refractivity contribution in [2.75, 3.05) is 19.0 Å². The summed E-state index contributed by atoms with van der Waals surface area (Å²) in [5.74, 6) is -1.46. The number of rotatable bonds is 3. The van der Waals surface area contributed by atoms with E-state index in [-0.39, 0.29) is 0 Å². The second-order valence-corrected chi connectivity index (χ2v) is 6.55. The van der Waals surface area contributed by atoms with Gasteiger partial charge in [0, 0.05) is 30.9 Å². The summed E-state index contributed by atoms with van der Waals surface area (Å²) in [4.78, 5) is 18.3. The molecule has 8 nitrogen and oxygen atoms in total. The molecule has 26 heavy (non-hydrogen) atoms. The zero-order chi connectivity index (χ0) is 18.4. The summed E-state index contributed by atoms with van der Waals surface area (Å²) in [6.45, 7) is 1.71. The molecule has 4 rings (SSSR count). The Hall–Kier alpha value is -3.29. The quantitative estimate of drug-likeness (QED) is 0.778. The molecule has 0 bridgehead atoms. The maximum Gasteiger partial charge on any atom is 0.314 e. The van der Waals surface area contributed by atoms with Crippen molar-refractivity contribution >= 4 is 34.1 Å². The number of carboxylic acid groups (broad SMARTS) is 1. The number of carbonyl (C=O) groups is 1. The lowest BCUT2D eigenvalue weighted by atomic mass is 9.85. The van der Waals surface area contributed by atoms with E-state index in [1.165, 1.54) is 4.68 Å². The average Bonchev–Trinajstić information content (AvgIpc) is 3.07. The fourth-order valence-corrected chi connectivity index (χ4v) is 3.62. The Labute approximate surface area is 149 Å². The number of tetrazole rings is 1. The molecule has 2 heterocycles. The summed E-state index contributed by atoms with van der Waals surface area (Å²) in [5, 5.41) is 23.5. The molecule has 1 aromatic heterocycles. The van der Waals surface area contributed by atoms with Crippen molar-refractivity contribution < 1.29 is 9.90 Å². The zero-order valence-corrected chi connectivity index (χ0v) is 14.7. The molecule has 0 saturated heterocycles. The Morgan fingerprint density at radius 3 is 2.58 bits per heavy atom. The fourth-order valence-electron chi connectivity index (χ4n) is 3.62. The van der Waals surface area contributed by atoms with Crippen molar-refractivity contribution in [2.45, 2.75) is 13.0 Å². The number of benzene rings is 2. The first-order valence-corrected chi connectivity index (χ1v) is 8.24. The number of aromatic nitrogens is 4. The van der Waals surface area contributed by atoms with Gasteiger partial charge in [0.2, 0.25) is 0 Å². The largest absolute Gasteiger partial charge is 0.481 e. The number of aliphatic carboxylic acids is 1. The number of nitrogens with zero attached hydrogens (tertiary/aromatic N) is 6. The molecule has 132 valence electrons. The van der Waals surface area contributed by atoms with Crippen LogP contribution in [0.25, 0.3) is 10.8 Å². The van der Waals surface area contributed by atoms with E-state index >= 15 is 0 Å². The molecule has 8 heteroatoms. The van der Waals surface area contributed by atoms with Crippen LogP contribution in [0.1, 0.15) is 18.5 Å². The van der Waals surface area contributed by atoms with E-state index in [9.17, 15) is 9.90 Å². The normalized spacial score (nSPS) is 19.1. The van der Waals surface area contributed by atoms with Crippen molar-refractivity contribution in [3.8, 4) is 0 Å². The van der Waals surface area contributed by atoms with Gasteiger partial charge >= 0.3 is 5.97 Å². The summed E-state index contributed by atoms with van der Waals surface area (Å²) in [5.41, 5.74) is 2.42. The molecule has 1 aliphatic rings. The number of carboxylic acids is 1. The number of hydrogen-bond donors (Lipinski definition) is 1. The average molecular weight is 350 g/mol. The highest BCUT2D eigenvalue weighted by atomic mass is 16.4. The minimum Gasteiger partial charge on any atom is -0.481 e. The smallest absolute Gasteiger partial charge is 0.314 e. The first kappa shape index (κ1) is 16.2. The minimum atomic E-state index is -0.946. The van der Waals surface area contributed by atoms with Crippen molar-refractivity contribution in [3.05, 3.63) is 42.0 Å². The van der Waals surface area contributed by atoms with E-state index in [0.717, 1.165) is 22.0 Å². The van der Waals surface area contributed by atoms with Crippen molar-refractivity contribution in [2.24, 2.45) is 10.9 Å². The highest BCUT2D eigenvalue weighted by Gasteiger charge is 2.40. The number of aliphatic imine (C=N–C) groups is 1. The lowest BCUT2D eigenvalue weighted by Gasteiger charge is -2.29. The van der Waals surface area contributed by atoms with Gasteiger partial charge in [-0.15, -0.1) is 0 Å². The number of hydrogen-bond acceptors (Lipinski definition) is 6. The van der Waals surface area contributed by atoms with Crippen molar-refractivity contribution in [1.82, 2.24) is 20.2 Å². The molecule has 2 unspecified atom stereocenters. The van der Waals surface area contributed by atoms with Crippen LogP contribution in [0.4, 0.5) is 11.6 Å². The van der Waals surface area contributed by atoms with Crippen LogP contribution >= 0.6 is 0 Å². The van der Waals surface area contributed by atoms with Gasteiger partial charge in [0.15, 0.2) is 0 Å². The van der Waals surface area contributed by atoms with Crippen LogP contribution in [0.2, 0.25) is 0 Å². The van der Waals surface area contributed by atoms with E-state index in [2.05, 4.69) is 20.5 Å². The van der Waals surface area contributed by atoms with E-state index in [1.54, 1.807) is 6.92 Å². The molecule has 0 spiro atoms. The minimum absolute atomic E-state index is 0.325. The van der Waals surface area contributed by atoms with Gasteiger partial charge in [0.05, 0.1) is 0 Å². The van der Waals surface area contributed by atoms with Crippen molar-refractivity contribution in [1.29, 1.82) is 0 Å². The van der Waals surface area contributed by atoms with Crippen LogP contribution in [0.3, 0.4) is 0 Å². The SMILES string of the molecule is CC1=Nc2nnnn2C(c2ccc(N(C)C)c3ccccc23)C1C(=O)O. The molecular formula is C18H18N6O2. The maximum atomic E-state index is 12.0. The van der Waals surface area contributed by atoms with Gasteiger partial charge in [-0.3, -0.25) is 4.79 Å². The van der Waals surface area contributed by atoms with Gasteiger partial charge in [-0.05, 0) is 34.4 Å². The standard InChI is InChI=1S/C18H18N6O2/c1-10-15(17(25)26)16(24-18(19-10)20-21-22-24)13-8-9-14(23(2)3)12-7-5-4-6-11(12)13/h4-9,15-16H,1-3H3,(H,25,26). The van der Waals surface area contributed by atoms with Crippen LogP contribution in [0.15, 0.2) is 41.4 Å². The molecule has 1 N–H and O–H groups in total. The second kappa shape index (κ2) is 5.91. The van der Waals surface area contributed by atoms with E-state index in [0.29, 0.717) is 11.7 Å². The molecule has 0 aliphatic carbocycles. The van der Waals surface area contributed by atoms with Gasteiger partial charge in [-0.25, -0.2) is 9.67 Å². The molecular weight excluding hydrogens is 332 g/mol. The summed E-state index contributed by atoms with van der Waals surface area (Å²) < 4.78 is 1.50. The van der Waals surface area contributed by atoms with Crippen LogP contribution in [-0.4, -0.2) is 51.1 Å². The highest BCUT2D eigenvalue weighted by molar-refractivity contribution is 6.04. The van der Waals surface area contributed by atoms with Gasteiger partial charge in [0.1, 0.15) is 12.0 Å². The Kier molecular flexibility index (Phi) is 3.68. The molecule has 2 atom stereocenters. The third-order valence-electron chi connectivity index (χ3n) is 4.78. The summed E-state index contributed by atoms with van der Waals surface area (Å²) >= 11 is 0. The first-order chi connectivity index (χ1) is 12.5. The van der Waals surface area contributed by atoms with Gasteiger partial charge < -0.3 is 10.0 Å². The summed E-state index contributed by atoms with van der Waals surface area (Å²) in [6, 6.07) is 11.4. The third-order valence-corrected chi connectivity index (χ3v) is 4.78. The van der Waals surface area contributed by atoms with Crippen LogP contribution in [0, 0.1) is 5.92 Å². The molecule has 2 aromatic carbocycles. The lowest BCUT2D eigenvalue weighted by Crippen LogP contribution is -2.36. The Morgan fingerprint density at radius 1 is 1.15 bits per heavy atom. The molecule has 3 aromatic rings. The molecule has 0 amide bonds. The van der Waals surface area contributed by atoms with Gasteiger partial charge in [0.25, 0.3) is 5.95 Å². The van der Waals surface area contributed by atoms with Crippen molar-refractivity contribution in [3.63, 3.8) is 0 Å². The fraction of sp³-hybridized carbons (Fsp3) is 0.278. The maximum absolute atomic E-state index is 12.0. The Bertz CT molecular complexity index is 1040. The van der Waals surface area contributed by atoms with E-state index in [4.69, 9.17) is 0 Å². The lowest BCUT2D eigenvalue weighted by molar-refractivity contribution is -0.140. The molecule has 1 aliphatic heterocycles. The van der Waals surface area contributed by atoms with Crippen LogP contribution in [-0.2, 0) is 4.79 Å². The Balaban J connectivity index is 2.01. The first-order valence-electron chi connectivity index (χ1n) is 8.24. The topological polar surface area (TPSA) is 96.5 Å². The van der Waals surface area contributed by atoms with E-state index in [1.807, 2.05) is 55.4 Å². The van der Waals surface area contributed by atoms with E-state index < -0.39 is 17.9 Å².